The molecular formula is C17H18ClF2N. The minimum Gasteiger partial charge on any atom is -0.310 e. The Morgan fingerprint density at radius 2 is 1.90 bits per heavy atom. The van der Waals surface area contributed by atoms with Crippen LogP contribution in [-0.2, 0) is 6.42 Å². The number of aryl methyl sites for hydroxylation is 1. The Hall–Kier alpha value is -1.45. The molecule has 1 atom stereocenters. The third-order valence-corrected chi connectivity index (χ3v) is 3.84. The number of halogens is 3. The van der Waals surface area contributed by atoms with Gasteiger partial charge < -0.3 is 5.32 Å². The summed E-state index contributed by atoms with van der Waals surface area (Å²) in [5.74, 6) is -0.530. The first kappa shape index (κ1) is 15.9. The van der Waals surface area contributed by atoms with E-state index in [9.17, 15) is 8.78 Å². The van der Waals surface area contributed by atoms with E-state index >= 15 is 0 Å². The third-order valence-electron chi connectivity index (χ3n) is 3.47. The molecule has 0 heterocycles. The lowest BCUT2D eigenvalue weighted by atomic mass is 9.97. The number of rotatable bonds is 5. The first-order valence-electron chi connectivity index (χ1n) is 6.94. The van der Waals surface area contributed by atoms with Gasteiger partial charge in [-0.2, -0.15) is 0 Å². The molecule has 0 aliphatic heterocycles. The van der Waals surface area contributed by atoms with Crippen molar-refractivity contribution in [2.45, 2.75) is 26.3 Å². The summed E-state index contributed by atoms with van der Waals surface area (Å²) < 4.78 is 26.8. The van der Waals surface area contributed by atoms with E-state index in [0.717, 1.165) is 17.7 Å². The van der Waals surface area contributed by atoms with Gasteiger partial charge in [0.1, 0.15) is 11.6 Å². The fraction of sp³-hybridized carbons (Fsp3) is 0.294. The zero-order valence-electron chi connectivity index (χ0n) is 12.1. The summed E-state index contributed by atoms with van der Waals surface area (Å²) >= 11 is 6.13. The Balaban J connectivity index is 2.30. The van der Waals surface area contributed by atoms with Gasteiger partial charge in [0.05, 0.1) is 0 Å². The molecular weight excluding hydrogens is 292 g/mol. The molecule has 112 valence electrons. The van der Waals surface area contributed by atoms with E-state index in [4.69, 9.17) is 11.6 Å². The molecule has 4 heteroatoms. The monoisotopic (exact) mass is 309 g/mol. The van der Waals surface area contributed by atoms with Crippen LogP contribution in [0.3, 0.4) is 0 Å². The number of hydrogen-bond donors (Lipinski definition) is 1. The summed E-state index contributed by atoms with van der Waals surface area (Å²) in [7, 11) is 0. The summed E-state index contributed by atoms with van der Waals surface area (Å²) in [5, 5.41) is 3.88. The third kappa shape index (κ3) is 4.02. The number of benzene rings is 2. The second-order valence-corrected chi connectivity index (χ2v) is 5.47. The van der Waals surface area contributed by atoms with Crippen LogP contribution >= 0.6 is 11.6 Å². The van der Waals surface area contributed by atoms with Gasteiger partial charge in [-0.25, -0.2) is 8.78 Å². The topological polar surface area (TPSA) is 12.0 Å². The molecule has 0 aromatic heterocycles. The van der Waals surface area contributed by atoms with Gasteiger partial charge in [0, 0.05) is 11.1 Å². The Labute approximate surface area is 128 Å². The quantitative estimate of drug-likeness (QED) is 0.835. The highest BCUT2D eigenvalue weighted by Crippen LogP contribution is 2.25. The minimum atomic E-state index is -0.306. The summed E-state index contributed by atoms with van der Waals surface area (Å²) in [6, 6.07) is 9.35. The van der Waals surface area contributed by atoms with E-state index in [0.29, 0.717) is 17.0 Å². The summed E-state index contributed by atoms with van der Waals surface area (Å²) in [6.07, 6.45) is 0.551. The molecule has 2 rings (SSSR count). The van der Waals surface area contributed by atoms with Gasteiger partial charge in [-0.1, -0.05) is 30.7 Å². The molecule has 2 aromatic rings. The average molecular weight is 310 g/mol. The second kappa shape index (κ2) is 7.01. The average Bonchev–Trinajstić information content (AvgIpc) is 2.45. The molecule has 0 bridgehead atoms. The van der Waals surface area contributed by atoms with Crippen LogP contribution in [0.4, 0.5) is 8.78 Å². The zero-order chi connectivity index (χ0) is 15.4. The van der Waals surface area contributed by atoms with Crippen molar-refractivity contribution in [1.29, 1.82) is 0 Å². The van der Waals surface area contributed by atoms with E-state index < -0.39 is 0 Å². The fourth-order valence-corrected chi connectivity index (χ4v) is 2.55. The SMILES string of the molecule is CCNC(Cc1cc(F)ccc1Cl)c1ccc(F)c(C)c1. The lowest BCUT2D eigenvalue weighted by molar-refractivity contribution is 0.543. The smallest absolute Gasteiger partial charge is 0.126 e. The molecule has 1 nitrogen and oxygen atoms in total. The first-order valence-corrected chi connectivity index (χ1v) is 7.32. The van der Waals surface area contributed by atoms with Gasteiger partial charge in [-0.3, -0.25) is 0 Å². The predicted octanol–water partition coefficient (Wildman–Crippen LogP) is 4.82. The van der Waals surface area contributed by atoms with Crippen LogP contribution in [0.15, 0.2) is 36.4 Å². The summed E-state index contributed by atoms with van der Waals surface area (Å²) in [4.78, 5) is 0. The van der Waals surface area contributed by atoms with Gasteiger partial charge in [0.15, 0.2) is 0 Å². The van der Waals surface area contributed by atoms with Crippen molar-refractivity contribution in [3.63, 3.8) is 0 Å². The Bertz CT molecular complexity index is 628. The maximum Gasteiger partial charge on any atom is 0.126 e. The van der Waals surface area contributed by atoms with Crippen molar-refractivity contribution in [2.24, 2.45) is 0 Å². The highest BCUT2D eigenvalue weighted by molar-refractivity contribution is 6.31. The van der Waals surface area contributed by atoms with Crippen LogP contribution in [0.1, 0.15) is 29.7 Å². The highest BCUT2D eigenvalue weighted by Gasteiger charge is 2.14. The van der Waals surface area contributed by atoms with Crippen LogP contribution in [0.25, 0.3) is 0 Å². The number of likely N-dealkylation sites (N-methyl/N-ethyl adjacent to an activating group) is 1. The van der Waals surface area contributed by atoms with E-state index in [2.05, 4.69) is 5.32 Å². The van der Waals surface area contributed by atoms with Crippen molar-refractivity contribution >= 4 is 11.6 Å². The van der Waals surface area contributed by atoms with Crippen LogP contribution in [-0.4, -0.2) is 6.54 Å². The van der Waals surface area contributed by atoms with E-state index in [1.165, 1.54) is 18.2 Å². The second-order valence-electron chi connectivity index (χ2n) is 5.06. The Kier molecular flexibility index (Phi) is 5.32. The Morgan fingerprint density at radius 1 is 1.14 bits per heavy atom. The van der Waals surface area contributed by atoms with Crippen molar-refractivity contribution in [3.8, 4) is 0 Å². The fourth-order valence-electron chi connectivity index (χ4n) is 2.36. The maximum atomic E-state index is 13.4. The van der Waals surface area contributed by atoms with E-state index in [-0.39, 0.29) is 17.7 Å². The van der Waals surface area contributed by atoms with Crippen LogP contribution in [0.5, 0.6) is 0 Å². The van der Waals surface area contributed by atoms with Gasteiger partial charge >= 0.3 is 0 Å². The van der Waals surface area contributed by atoms with Gasteiger partial charge in [-0.15, -0.1) is 0 Å². The molecule has 0 aliphatic rings. The highest BCUT2D eigenvalue weighted by atomic mass is 35.5. The summed E-state index contributed by atoms with van der Waals surface area (Å²) in [5.41, 5.74) is 2.31. The molecule has 1 N–H and O–H groups in total. The van der Waals surface area contributed by atoms with Crippen molar-refractivity contribution in [3.05, 3.63) is 69.7 Å². The standard InChI is InChI=1S/C17H18ClF2N/c1-3-21-17(12-4-7-16(20)11(2)8-12)10-13-9-14(19)5-6-15(13)18/h4-9,17,21H,3,10H2,1-2H3. The van der Waals surface area contributed by atoms with Gasteiger partial charge in [0.2, 0.25) is 0 Å². The molecule has 2 aromatic carbocycles. The molecule has 0 saturated heterocycles. The molecule has 0 spiro atoms. The van der Waals surface area contributed by atoms with Gasteiger partial charge in [0.25, 0.3) is 0 Å². The lowest BCUT2D eigenvalue weighted by Gasteiger charge is -2.20. The molecule has 0 aliphatic carbocycles. The van der Waals surface area contributed by atoms with E-state index in [1.807, 2.05) is 13.0 Å². The molecule has 21 heavy (non-hydrogen) atoms. The van der Waals surface area contributed by atoms with Crippen molar-refractivity contribution < 1.29 is 8.78 Å². The maximum absolute atomic E-state index is 13.4. The summed E-state index contributed by atoms with van der Waals surface area (Å²) in [6.45, 7) is 4.49. The first-order chi connectivity index (χ1) is 10.0. The molecule has 0 fully saturated rings. The normalized spacial score (nSPS) is 12.4. The molecule has 0 amide bonds. The zero-order valence-corrected chi connectivity index (χ0v) is 12.8. The number of hydrogen-bond acceptors (Lipinski definition) is 1. The van der Waals surface area contributed by atoms with Crippen LogP contribution in [0, 0.1) is 18.6 Å². The van der Waals surface area contributed by atoms with Crippen LogP contribution in [0.2, 0.25) is 5.02 Å². The van der Waals surface area contributed by atoms with Crippen LogP contribution < -0.4 is 5.32 Å². The molecule has 0 saturated carbocycles. The molecule has 1 unspecified atom stereocenters. The van der Waals surface area contributed by atoms with E-state index in [1.54, 1.807) is 19.1 Å². The number of nitrogens with one attached hydrogen (secondary N) is 1. The predicted molar refractivity (Wildman–Crippen MR) is 82.7 cm³/mol. The molecule has 0 radical (unpaired) electrons. The lowest BCUT2D eigenvalue weighted by Crippen LogP contribution is -2.23. The largest absolute Gasteiger partial charge is 0.310 e. The minimum absolute atomic E-state index is 0.0337. The van der Waals surface area contributed by atoms with Gasteiger partial charge in [-0.05, 0) is 60.8 Å². The van der Waals surface area contributed by atoms with Crippen molar-refractivity contribution in [2.75, 3.05) is 6.54 Å². The van der Waals surface area contributed by atoms with Crippen molar-refractivity contribution in [1.82, 2.24) is 5.32 Å². The Morgan fingerprint density at radius 3 is 2.57 bits per heavy atom.